The minimum atomic E-state index is 0.738. The molecule has 20 heavy (non-hydrogen) atoms. The number of hydrogen-bond acceptors (Lipinski definition) is 3. The standard InChI is InChI=1S/C17H28N2O/c1-20-17-10-5-7-15(13-17)14-19(12-6-11-18)16-8-3-2-4-9-16/h5,7,10,13,16H,2-4,6,8-9,11-12,14,18H2,1H3. The van der Waals surface area contributed by atoms with E-state index in [1.54, 1.807) is 7.11 Å². The second-order valence-corrected chi connectivity index (χ2v) is 5.76. The van der Waals surface area contributed by atoms with Crippen LogP contribution >= 0.6 is 0 Å². The summed E-state index contributed by atoms with van der Waals surface area (Å²) in [6.45, 7) is 2.90. The van der Waals surface area contributed by atoms with Crippen LogP contribution in [0.25, 0.3) is 0 Å². The molecule has 1 aromatic carbocycles. The van der Waals surface area contributed by atoms with Gasteiger partial charge in [-0.3, -0.25) is 4.90 Å². The maximum Gasteiger partial charge on any atom is 0.119 e. The maximum atomic E-state index is 5.70. The van der Waals surface area contributed by atoms with E-state index >= 15 is 0 Å². The van der Waals surface area contributed by atoms with Gasteiger partial charge in [0.05, 0.1) is 7.11 Å². The Morgan fingerprint density at radius 2 is 2.05 bits per heavy atom. The van der Waals surface area contributed by atoms with Gasteiger partial charge in [0.2, 0.25) is 0 Å². The van der Waals surface area contributed by atoms with Crippen molar-refractivity contribution in [2.45, 2.75) is 51.1 Å². The Hall–Kier alpha value is -1.06. The fourth-order valence-corrected chi connectivity index (χ4v) is 3.14. The Balaban J connectivity index is 2.01. The van der Waals surface area contributed by atoms with E-state index in [-0.39, 0.29) is 0 Å². The van der Waals surface area contributed by atoms with E-state index in [1.165, 1.54) is 37.7 Å². The van der Waals surface area contributed by atoms with Crippen LogP contribution in [-0.4, -0.2) is 31.1 Å². The highest BCUT2D eigenvalue weighted by molar-refractivity contribution is 5.28. The van der Waals surface area contributed by atoms with Gasteiger partial charge in [-0.05, 0) is 50.0 Å². The summed E-state index contributed by atoms with van der Waals surface area (Å²) in [5.74, 6) is 0.949. The van der Waals surface area contributed by atoms with Crippen molar-refractivity contribution in [3.8, 4) is 5.75 Å². The predicted octanol–water partition coefficient (Wildman–Crippen LogP) is 3.18. The van der Waals surface area contributed by atoms with Gasteiger partial charge in [0.1, 0.15) is 5.75 Å². The van der Waals surface area contributed by atoms with Crippen molar-refractivity contribution < 1.29 is 4.74 Å². The molecule has 0 aromatic heterocycles. The van der Waals surface area contributed by atoms with Crippen molar-refractivity contribution in [2.24, 2.45) is 5.73 Å². The Morgan fingerprint density at radius 1 is 1.25 bits per heavy atom. The van der Waals surface area contributed by atoms with Gasteiger partial charge in [0.15, 0.2) is 0 Å². The maximum absolute atomic E-state index is 5.70. The number of methoxy groups -OCH3 is 1. The Bertz CT molecular complexity index is 388. The number of benzene rings is 1. The van der Waals surface area contributed by atoms with Gasteiger partial charge in [-0.1, -0.05) is 31.4 Å². The quantitative estimate of drug-likeness (QED) is 0.831. The van der Waals surface area contributed by atoms with Gasteiger partial charge in [-0.15, -0.1) is 0 Å². The second kappa shape index (κ2) is 8.28. The van der Waals surface area contributed by atoms with Crippen LogP contribution in [-0.2, 0) is 6.54 Å². The number of nitrogens with zero attached hydrogens (tertiary/aromatic N) is 1. The average Bonchev–Trinajstić information content (AvgIpc) is 2.52. The van der Waals surface area contributed by atoms with Crippen LogP contribution in [0.5, 0.6) is 5.75 Å². The van der Waals surface area contributed by atoms with Crippen LogP contribution in [0.2, 0.25) is 0 Å². The summed E-state index contributed by atoms with van der Waals surface area (Å²) in [4.78, 5) is 2.63. The predicted molar refractivity (Wildman–Crippen MR) is 83.9 cm³/mol. The summed E-state index contributed by atoms with van der Waals surface area (Å²) >= 11 is 0. The highest BCUT2D eigenvalue weighted by Crippen LogP contribution is 2.25. The van der Waals surface area contributed by atoms with Crippen molar-refractivity contribution in [2.75, 3.05) is 20.2 Å². The monoisotopic (exact) mass is 276 g/mol. The smallest absolute Gasteiger partial charge is 0.119 e. The molecule has 2 N–H and O–H groups in total. The fraction of sp³-hybridized carbons (Fsp3) is 0.647. The van der Waals surface area contributed by atoms with Gasteiger partial charge >= 0.3 is 0 Å². The van der Waals surface area contributed by atoms with E-state index in [1.807, 2.05) is 6.07 Å². The van der Waals surface area contributed by atoms with E-state index < -0.39 is 0 Å². The third-order valence-corrected chi connectivity index (χ3v) is 4.26. The lowest BCUT2D eigenvalue weighted by atomic mass is 9.93. The number of rotatable bonds is 7. The fourth-order valence-electron chi connectivity index (χ4n) is 3.14. The average molecular weight is 276 g/mol. The van der Waals surface area contributed by atoms with Gasteiger partial charge in [0, 0.05) is 12.6 Å². The molecule has 3 nitrogen and oxygen atoms in total. The first-order chi connectivity index (χ1) is 9.83. The molecule has 0 amide bonds. The Kier molecular flexibility index (Phi) is 6.34. The first-order valence-electron chi connectivity index (χ1n) is 7.90. The SMILES string of the molecule is COc1cccc(CN(CCCN)C2CCCCC2)c1. The summed E-state index contributed by atoms with van der Waals surface area (Å²) < 4.78 is 5.32. The lowest BCUT2D eigenvalue weighted by Gasteiger charge is -2.34. The molecule has 2 rings (SSSR count). The van der Waals surface area contributed by atoms with Crippen LogP contribution in [0.3, 0.4) is 0 Å². The van der Waals surface area contributed by atoms with Crippen LogP contribution < -0.4 is 10.5 Å². The molecule has 1 saturated carbocycles. The van der Waals surface area contributed by atoms with Crippen molar-refractivity contribution in [1.82, 2.24) is 4.90 Å². The molecule has 0 atom stereocenters. The molecule has 0 spiro atoms. The van der Waals surface area contributed by atoms with Crippen molar-refractivity contribution in [1.29, 1.82) is 0 Å². The molecule has 1 aliphatic carbocycles. The normalized spacial score (nSPS) is 16.6. The molecule has 112 valence electrons. The highest BCUT2D eigenvalue weighted by Gasteiger charge is 2.20. The molecular formula is C17H28N2O. The third kappa shape index (κ3) is 4.50. The summed E-state index contributed by atoms with van der Waals surface area (Å²) in [6.07, 6.45) is 7.92. The Morgan fingerprint density at radius 3 is 2.75 bits per heavy atom. The number of ether oxygens (including phenoxy) is 1. The Labute approximate surface area is 123 Å². The summed E-state index contributed by atoms with van der Waals surface area (Å²) in [6, 6.07) is 9.17. The van der Waals surface area contributed by atoms with Crippen molar-refractivity contribution >= 4 is 0 Å². The molecule has 0 saturated heterocycles. The van der Waals surface area contributed by atoms with Gasteiger partial charge in [-0.2, -0.15) is 0 Å². The molecule has 0 unspecified atom stereocenters. The molecule has 1 aromatic rings. The molecule has 0 radical (unpaired) electrons. The summed E-state index contributed by atoms with van der Waals surface area (Å²) in [7, 11) is 1.73. The molecule has 1 aliphatic rings. The van der Waals surface area contributed by atoms with Crippen LogP contribution in [0.1, 0.15) is 44.1 Å². The zero-order valence-corrected chi connectivity index (χ0v) is 12.7. The van der Waals surface area contributed by atoms with Gasteiger partial charge in [-0.25, -0.2) is 0 Å². The summed E-state index contributed by atoms with van der Waals surface area (Å²) in [5.41, 5.74) is 7.04. The van der Waals surface area contributed by atoms with E-state index in [9.17, 15) is 0 Å². The molecular weight excluding hydrogens is 248 g/mol. The van der Waals surface area contributed by atoms with Crippen molar-refractivity contribution in [3.05, 3.63) is 29.8 Å². The van der Waals surface area contributed by atoms with Gasteiger partial charge in [0.25, 0.3) is 0 Å². The van der Waals surface area contributed by atoms with E-state index in [0.717, 1.165) is 37.8 Å². The second-order valence-electron chi connectivity index (χ2n) is 5.76. The molecule has 1 fully saturated rings. The first-order valence-corrected chi connectivity index (χ1v) is 7.90. The zero-order valence-electron chi connectivity index (χ0n) is 12.7. The van der Waals surface area contributed by atoms with Gasteiger partial charge < -0.3 is 10.5 Å². The number of nitrogens with two attached hydrogens (primary N) is 1. The van der Waals surface area contributed by atoms with Crippen LogP contribution in [0.15, 0.2) is 24.3 Å². The molecule has 0 bridgehead atoms. The minimum absolute atomic E-state index is 0.738. The van der Waals surface area contributed by atoms with E-state index in [4.69, 9.17) is 10.5 Å². The first kappa shape index (κ1) is 15.3. The lowest BCUT2D eigenvalue weighted by Crippen LogP contribution is -2.37. The topological polar surface area (TPSA) is 38.5 Å². The largest absolute Gasteiger partial charge is 0.497 e. The van der Waals surface area contributed by atoms with Crippen LogP contribution in [0.4, 0.5) is 0 Å². The third-order valence-electron chi connectivity index (χ3n) is 4.26. The molecule has 3 heteroatoms. The minimum Gasteiger partial charge on any atom is -0.497 e. The summed E-state index contributed by atoms with van der Waals surface area (Å²) in [5, 5.41) is 0. The molecule has 0 aliphatic heterocycles. The highest BCUT2D eigenvalue weighted by atomic mass is 16.5. The van der Waals surface area contributed by atoms with Crippen LogP contribution in [0, 0.1) is 0 Å². The lowest BCUT2D eigenvalue weighted by molar-refractivity contribution is 0.147. The number of hydrogen-bond donors (Lipinski definition) is 1. The van der Waals surface area contributed by atoms with E-state index in [0.29, 0.717) is 0 Å². The van der Waals surface area contributed by atoms with Crippen molar-refractivity contribution in [3.63, 3.8) is 0 Å². The molecule has 0 heterocycles. The van der Waals surface area contributed by atoms with E-state index in [2.05, 4.69) is 23.1 Å². The zero-order chi connectivity index (χ0) is 14.2.